The lowest BCUT2D eigenvalue weighted by molar-refractivity contribution is 0.108. The lowest BCUT2D eigenvalue weighted by Gasteiger charge is -2.12. The molecule has 0 amide bonds. The van der Waals surface area contributed by atoms with Crippen molar-refractivity contribution in [1.82, 2.24) is 10.2 Å². The van der Waals surface area contributed by atoms with Crippen molar-refractivity contribution in [3.63, 3.8) is 0 Å². The molecule has 0 aromatic carbocycles. The van der Waals surface area contributed by atoms with Crippen molar-refractivity contribution in [2.24, 2.45) is 0 Å². The second kappa shape index (κ2) is 2.34. The highest BCUT2D eigenvalue weighted by molar-refractivity contribution is 5.17. The van der Waals surface area contributed by atoms with E-state index in [1.54, 1.807) is 0 Å². The summed E-state index contributed by atoms with van der Waals surface area (Å²) < 4.78 is 5.21. The van der Waals surface area contributed by atoms with Gasteiger partial charge in [0.1, 0.15) is 6.20 Å². The summed E-state index contributed by atoms with van der Waals surface area (Å²) >= 11 is 0. The number of nitrogens with zero attached hydrogens (tertiary/aromatic N) is 2. The fraction of sp³-hybridized carbons (Fsp3) is 0.429. The average Bonchev–Trinajstić information content (AvgIpc) is 2.05. The van der Waals surface area contributed by atoms with Gasteiger partial charge in [-0.25, -0.2) is 0 Å². The minimum Gasteiger partial charge on any atom is -0.376 e. The molecule has 0 aliphatic carbocycles. The van der Waals surface area contributed by atoms with E-state index in [1.807, 2.05) is 6.07 Å². The quantitative estimate of drug-likeness (QED) is 0.515. The number of hydrogen-bond acceptors (Lipinski definition) is 3. The van der Waals surface area contributed by atoms with E-state index in [-0.39, 0.29) is 0 Å². The summed E-state index contributed by atoms with van der Waals surface area (Å²) in [5.74, 6) is 0. The van der Waals surface area contributed by atoms with Gasteiger partial charge in [-0.15, -0.1) is 5.10 Å². The van der Waals surface area contributed by atoms with Crippen LogP contribution in [0.25, 0.3) is 0 Å². The van der Waals surface area contributed by atoms with Crippen molar-refractivity contribution in [2.75, 3.05) is 6.61 Å². The van der Waals surface area contributed by atoms with E-state index in [1.165, 1.54) is 0 Å². The molecule has 1 aliphatic heterocycles. The van der Waals surface area contributed by atoms with Crippen molar-refractivity contribution >= 4 is 0 Å². The molecular weight excluding hydrogens is 128 g/mol. The van der Waals surface area contributed by atoms with Crippen LogP contribution in [-0.2, 0) is 17.8 Å². The van der Waals surface area contributed by atoms with E-state index in [2.05, 4.69) is 16.4 Å². The van der Waals surface area contributed by atoms with Crippen LogP contribution in [0.5, 0.6) is 0 Å². The summed E-state index contributed by atoms with van der Waals surface area (Å²) in [6, 6.07) is 1.83. The van der Waals surface area contributed by atoms with Gasteiger partial charge in [0.2, 0.25) is 0 Å². The van der Waals surface area contributed by atoms with Crippen molar-refractivity contribution in [1.29, 1.82) is 0 Å². The molecule has 2 heterocycles. The van der Waals surface area contributed by atoms with Gasteiger partial charge in [-0.2, -0.15) is 5.10 Å². The van der Waals surface area contributed by atoms with Gasteiger partial charge in [0, 0.05) is 12.0 Å². The Morgan fingerprint density at radius 1 is 1.60 bits per heavy atom. The summed E-state index contributed by atoms with van der Waals surface area (Å²) in [6.07, 6.45) is 3.57. The first-order valence-electron chi connectivity index (χ1n) is 3.26. The summed E-state index contributed by atoms with van der Waals surface area (Å²) in [6.45, 7) is 1.44. The van der Waals surface area contributed by atoms with Gasteiger partial charge in [-0.1, -0.05) is 0 Å². The number of fused-ring (bicyclic) bond motifs is 1. The Labute approximate surface area is 59.0 Å². The summed E-state index contributed by atoms with van der Waals surface area (Å²) in [4.78, 5) is 0. The number of ether oxygens (including phenoxy) is 1. The van der Waals surface area contributed by atoms with Crippen molar-refractivity contribution in [2.45, 2.75) is 13.0 Å². The third-order valence-electron chi connectivity index (χ3n) is 1.58. The van der Waals surface area contributed by atoms with E-state index >= 15 is 0 Å². The summed E-state index contributed by atoms with van der Waals surface area (Å²) in [5, 5.41) is 7.60. The Morgan fingerprint density at radius 2 is 2.60 bits per heavy atom. The van der Waals surface area contributed by atoms with E-state index in [9.17, 15) is 0 Å². The molecular formula is C7H7N2O. The molecule has 0 bridgehead atoms. The molecule has 0 fully saturated rings. The van der Waals surface area contributed by atoms with E-state index in [4.69, 9.17) is 4.74 Å². The minimum atomic E-state index is 0.668. The maximum Gasteiger partial charge on any atom is 0.114 e. The zero-order valence-corrected chi connectivity index (χ0v) is 5.50. The smallest absolute Gasteiger partial charge is 0.114 e. The summed E-state index contributed by atoms with van der Waals surface area (Å²) in [7, 11) is 0. The van der Waals surface area contributed by atoms with Crippen molar-refractivity contribution < 1.29 is 4.74 Å². The second-order valence-electron chi connectivity index (χ2n) is 2.25. The van der Waals surface area contributed by atoms with Crippen LogP contribution >= 0.6 is 0 Å². The molecule has 0 unspecified atom stereocenters. The normalized spacial score (nSPS) is 16.4. The first-order chi connectivity index (χ1) is 4.97. The van der Waals surface area contributed by atoms with Gasteiger partial charge in [0.05, 0.1) is 18.9 Å². The van der Waals surface area contributed by atoms with Gasteiger partial charge in [-0.05, 0) is 6.07 Å². The van der Waals surface area contributed by atoms with E-state index < -0.39 is 0 Å². The molecule has 2 rings (SSSR count). The van der Waals surface area contributed by atoms with Gasteiger partial charge >= 0.3 is 0 Å². The fourth-order valence-electron chi connectivity index (χ4n) is 1.03. The number of hydrogen-bond donors (Lipinski definition) is 0. The highest BCUT2D eigenvalue weighted by atomic mass is 16.5. The van der Waals surface area contributed by atoms with Crippen LogP contribution in [0, 0.1) is 6.20 Å². The third kappa shape index (κ3) is 0.885. The standard InChI is InChI=1S/C7H7N2O/c1-3-8-9-7-2-4-10-5-6(1)7/h1H,2,4-5H2. The van der Waals surface area contributed by atoms with Crippen LogP contribution in [0.4, 0.5) is 0 Å². The topological polar surface area (TPSA) is 35.0 Å². The van der Waals surface area contributed by atoms with Crippen LogP contribution in [0.1, 0.15) is 11.3 Å². The Hall–Kier alpha value is -0.960. The molecule has 1 aromatic rings. The zero-order chi connectivity index (χ0) is 6.81. The van der Waals surface area contributed by atoms with Crippen LogP contribution in [0.15, 0.2) is 6.07 Å². The van der Waals surface area contributed by atoms with Crippen LogP contribution in [-0.4, -0.2) is 16.8 Å². The molecule has 51 valence electrons. The molecule has 0 atom stereocenters. The molecule has 0 N–H and O–H groups in total. The average molecular weight is 135 g/mol. The molecule has 3 heteroatoms. The monoisotopic (exact) mass is 135 g/mol. The van der Waals surface area contributed by atoms with E-state index in [0.29, 0.717) is 6.61 Å². The molecule has 3 nitrogen and oxygen atoms in total. The van der Waals surface area contributed by atoms with Crippen LogP contribution < -0.4 is 0 Å². The molecule has 10 heavy (non-hydrogen) atoms. The van der Waals surface area contributed by atoms with Crippen molar-refractivity contribution in [3.05, 3.63) is 23.5 Å². The van der Waals surface area contributed by atoms with E-state index in [0.717, 1.165) is 24.3 Å². The van der Waals surface area contributed by atoms with Crippen LogP contribution in [0.2, 0.25) is 0 Å². The second-order valence-corrected chi connectivity index (χ2v) is 2.25. The SMILES string of the molecule is [c]1cc2c(nn1)CCOC2. The molecule has 0 saturated carbocycles. The molecule has 1 radical (unpaired) electrons. The Morgan fingerprint density at radius 3 is 3.50 bits per heavy atom. The first-order valence-corrected chi connectivity index (χ1v) is 3.26. The lowest BCUT2D eigenvalue weighted by atomic mass is 10.1. The maximum absolute atomic E-state index is 5.21. The van der Waals surface area contributed by atoms with Crippen LogP contribution in [0.3, 0.4) is 0 Å². The Bertz CT molecular complexity index is 212. The minimum absolute atomic E-state index is 0.668. The van der Waals surface area contributed by atoms with Gasteiger partial charge in [0.25, 0.3) is 0 Å². The van der Waals surface area contributed by atoms with Gasteiger partial charge in [0.15, 0.2) is 0 Å². The Balaban J connectivity index is 2.41. The first kappa shape index (κ1) is 5.80. The van der Waals surface area contributed by atoms with Crippen molar-refractivity contribution in [3.8, 4) is 0 Å². The number of aromatic nitrogens is 2. The largest absolute Gasteiger partial charge is 0.376 e. The highest BCUT2D eigenvalue weighted by Gasteiger charge is 2.09. The Kier molecular flexibility index (Phi) is 1.36. The fourth-order valence-corrected chi connectivity index (χ4v) is 1.03. The lowest BCUT2D eigenvalue weighted by Crippen LogP contribution is -2.11. The highest BCUT2D eigenvalue weighted by Crippen LogP contribution is 2.11. The summed E-state index contributed by atoms with van der Waals surface area (Å²) in [5.41, 5.74) is 2.19. The molecule has 1 aromatic heterocycles. The third-order valence-corrected chi connectivity index (χ3v) is 1.58. The molecule has 1 aliphatic rings. The predicted molar refractivity (Wildman–Crippen MR) is 34.2 cm³/mol. The molecule has 0 saturated heterocycles. The maximum atomic E-state index is 5.21. The number of rotatable bonds is 0. The van der Waals surface area contributed by atoms with Gasteiger partial charge in [-0.3, -0.25) is 0 Å². The van der Waals surface area contributed by atoms with Gasteiger partial charge < -0.3 is 4.74 Å². The predicted octanol–water partition coefficient (Wildman–Crippen LogP) is 0.349. The molecule has 0 spiro atoms. The zero-order valence-electron chi connectivity index (χ0n) is 5.50.